The number of H-pyrrole nitrogens is 1. The van der Waals surface area contributed by atoms with E-state index in [1.807, 2.05) is 26.0 Å². The van der Waals surface area contributed by atoms with Crippen LogP contribution in [0.15, 0.2) is 24.5 Å². The number of ether oxygens (including phenoxy) is 1. The number of hydrogen-bond donors (Lipinski definition) is 3. The maximum atomic E-state index is 13.4. The number of fused-ring (bicyclic) bond motifs is 1. The Balaban J connectivity index is 1.40. The minimum Gasteiger partial charge on any atom is -0.493 e. The van der Waals surface area contributed by atoms with Crippen LogP contribution in [0, 0.1) is 25.7 Å². The van der Waals surface area contributed by atoms with Gasteiger partial charge >= 0.3 is 0 Å². The highest BCUT2D eigenvalue weighted by atomic mass is 16.5. The van der Waals surface area contributed by atoms with Crippen molar-refractivity contribution in [3.63, 3.8) is 0 Å². The Morgan fingerprint density at radius 3 is 2.64 bits per heavy atom. The van der Waals surface area contributed by atoms with E-state index >= 15 is 0 Å². The van der Waals surface area contributed by atoms with E-state index in [9.17, 15) is 9.59 Å². The van der Waals surface area contributed by atoms with Gasteiger partial charge in [-0.05, 0) is 69.9 Å². The Morgan fingerprint density at radius 2 is 1.92 bits per heavy atom. The van der Waals surface area contributed by atoms with E-state index in [0.29, 0.717) is 29.5 Å². The lowest BCUT2D eigenvalue weighted by atomic mass is 9.82. The summed E-state index contributed by atoms with van der Waals surface area (Å²) in [6.07, 6.45) is 6.47. The molecule has 2 aromatic heterocycles. The van der Waals surface area contributed by atoms with Gasteiger partial charge in [-0.1, -0.05) is 18.6 Å². The van der Waals surface area contributed by atoms with E-state index < -0.39 is 0 Å². The molecule has 2 amide bonds. The zero-order valence-corrected chi connectivity index (χ0v) is 21.5. The normalized spacial score (nSPS) is 21.8. The van der Waals surface area contributed by atoms with E-state index in [0.717, 1.165) is 53.0 Å². The molecular weight excluding hydrogens is 454 g/mol. The zero-order chi connectivity index (χ0) is 25.4. The summed E-state index contributed by atoms with van der Waals surface area (Å²) in [5.41, 5.74) is 5.42. The number of nitrogens with one attached hydrogen (secondary N) is 3. The Hall–Kier alpha value is -3.42. The van der Waals surface area contributed by atoms with E-state index in [4.69, 9.17) is 4.74 Å². The Kier molecular flexibility index (Phi) is 6.69. The summed E-state index contributed by atoms with van der Waals surface area (Å²) in [6.45, 7) is 8.34. The average molecular weight is 490 g/mol. The minimum atomic E-state index is -0.131. The molecule has 190 valence electrons. The number of aromatic nitrogens is 3. The second kappa shape index (κ2) is 9.91. The van der Waals surface area contributed by atoms with Gasteiger partial charge in [0.1, 0.15) is 23.3 Å². The first-order valence-corrected chi connectivity index (χ1v) is 12.9. The van der Waals surface area contributed by atoms with Crippen LogP contribution in [-0.4, -0.2) is 45.5 Å². The average Bonchev–Trinajstić information content (AvgIpc) is 3.59. The first kappa shape index (κ1) is 24.3. The fourth-order valence-electron chi connectivity index (χ4n) is 5.31. The van der Waals surface area contributed by atoms with Gasteiger partial charge in [0, 0.05) is 30.3 Å². The smallest absolute Gasteiger partial charge is 0.255 e. The number of benzene rings is 1. The minimum absolute atomic E-state index is 0.00560. The number of rotatable bonds is 7. The van der Waals surface area contributed by atoms with Gasteiger partial charge in [-0.2, -0.15) is 0 Å². The molecule has 2 aliphatic carbocycles. The topological polar surface area (TPSA) is 109 Å². The summed E-state index contributed by atoms with van der Waals surface area (Å²) >= 11 is 0. The summed E-state index contributed by atoms with van der Waals surface area (Å²) < 4.78 is 6.17. The number of hydrogen-bond acceptors (Lipinski definition) is 5. The predicted octanol–water partition coefficient (Wildman–Crippen LogP) is 4.45. The van der Waals surface area contributed by atoms with Crippen LogP contribution >= 0.6 is 0 Å². The van der Waals surface area contributed by atoms with Gasteiger partial charge in [0.05, 0.1) is 17.7 Å². The number of amides is 2. The van der Waals surface area contributed by atoms with Crippen molar-refractivity contribution in [3.05, 3.63) is 41.3 Å². The fraction of sp³-hybridized carbons (Fsp3) is 0.500. The monoisotopic (exact) mass is 489 g/mol. The van der Waals surface area contributed by atoms with Crippen molar-refractivity contribution in [2.75, 3.05) is 6.61 Å². The highest BCUT2D eigenvalue weighted by Crippen LogP contribution is 2.37. The van der Waals surface area contributed by atoms with Gasteiger partial charge in [-0.25, -0.2) is 9.97 Å². The molecule has 2 aliphatic rings. The number of aromatic amines is 1. The van der Waals surface area contributed by atoms with Crippen molar-refractivity contribution in [3.8, 4) is 17.0 Å². The lowest BCUT2D eigenvalue weighted by Crippen LogP contribution is -2.47. The van der Waals surface area contributed by atoms with Gasteiger partial charge in [0.2, 0.25) is 5.91 Å². The molecule has 8 nitrogen and oxygen atoms in total. The summed E-state index contributed by atoms with van der Waals surface area (Å²) in [7, 11) is 0. The van der Waals surface area contributed by atoms with Gasteiger partial charge in [0.25, 0.3) is 5.91 Å². The summed E-state index contributed by atoms with van der Waals surface area (Å²) in [5.74, 6) is 1.60. The molecule has 0 unspecified atom stereocenters. The molecule has 3 aromatic rings. The largest absolute Gasteiger partial charge is 0.493 e. The van der Waals surface area contributed by atoms with Crippen LogP contribution in [0.3, 0.4) is 0 Å². The predicted molar refractivity (Wildman–Crippen MR) is 139 cm³/mol. The van der Waals surface area contributed by atoms with Crippen LogP contribution in [0.4, 0.5) is 0 Å². The van der Waals surface area contributed by atoms with E-state index in [2.05, 4.69) is 38.6 Å². The van der Waals surface area contributed by atoms with Crippen molar-refractivity contribution < 1.29 is 14.3 Å². The third-order valence-corrected chi connectivity index (χ3v) is 7.45. The molecule has 2 fully saturated rings. The number of carbonyl (C=O) groups excluding carboxylic acids is 2. The van der Waals surface area contributed by atoms with Crippen molar-refractivity contribution in [1.82, 2.24) is 25.6 Å². The number of carbonyl (C=O) groups is 2. The van der Waals surface area contributed by atoms with Crippen LogP contribution in [0.5, 0.6) is 5.75 Å². The van der Waals surface area contributed by atoms with Crippen molar-refractivity contribution in [1.29, 1.82) is 0 Å². The molecule has 1 aromatic carbocycles. The molecule has 2 saturated carbocycles. The maximum Gasteiger partial charge on any atom is 0.255 e. The van der Waals surface area contributed by atoms with Gasteiger partial charge < -0.3 is 20.4 Å². The van der Waals surface area contributed by atoms with Crippen LogP contribution in [0.1, 0.15) is 67.6 Å². The van der Waals surface area contributed by atoms with Crippen molar-refractivity contribution >= 4 is 22.8 Å². The summed E-state index contributed by atoms with van der Waals surface area (Å²) in [6, 6.07) is 6.34. The zero-order valence-electron chi connectivity index (χ0n) is 21.5. The first-order valence-electron chi connectivity index (χ1n) is 12.9. The molecule has 0 aliphatic heterocycles. The van der Waals surface area contributed by atoms with Crippen LogP contribution in [-0.2, 0) is 4.79 Å². The molecule has 5 rings (SSSR count). The van der Waals surface area contributed by atoms with E-state index in [1.165, 1.54) is 19.2 Å². The molecule has 8 heteroatoms. The van der Waals surface area contributed by atoms with Gasteiger partial charge in [-0.15, -0.1) is 0 Å². The fourth-order valence-corrected chi connectivity index (χ4v) is 5.31. The second-order valence-corrected chi connectivity index (χ2v) is 10.6. The molecule has 0 bridgehead atoms. The molecule has 3 atom stereocenters. The molecule has 3 N–H and O–H groups in total. The standard InChI is InChI=1S/C28H35N5O3/c1-15-5-10-23(36-13-19-6-7-19)21(11-15)25-27-26(30-14-29-25)24(17(3)31-27)28(35)33-20-8-9-22(16(2)12-20)32-18(4)34/h5,10-11,14,16,19-20,22,31H,6-9,12-13H2,1-4H3,(H,32,34)(H,33,35)/t16-,20+,22+/m1/s1. The maximum absolute atomic E-state index is 13.4. The Morgan fingerprint density at radius 1 is 1.11 bits per heavy atom. The van der Waals surface area contributed by atoms with Crippen LogP contribution < -0.4 is 15.4 Å². The Bertz CT molecular complexity index is 1300. The lowest BCUT2D eigenvalue weighted by molar-refractivity contribution is -0.120. The van der Waals surface area contributed by atoms with Crippen LogP contribution in [0.2, 0.25) is 0 Å². The molecule has 0 saturated heterocycles. The lowest BCUT2D eigenvalue weighted by Gasteiger charge is -2.34. The van der Waals surface area contributed by atoms with Crippen molar-refractivity contribution in [2.45, 2.75) is 71.9 Å². The quantitative estimate of drug-likeness (QED) is 0.454. The van der Waals surface area contributed by atoms with Crippen molar-refractivity contribution in [2.24, 2.45) is 11.8 Å². The molecular formula is C28H35N5O3. The number of nitrogens with zero attached hydrogens (tertiary/aromatic N) is 2. The van der Waals surface area contributed by atoms with E-state index in [-0.39, 0.29) is 23.9 Å². The van der Waals surface area contributed by atoms with E-state index in [1.54, 1.807) is 6.92 Å². The molecule has 2 heterocycles. The highest BCUT2D eigenvalue weighted by Gasteiger charge is 2.30. The Labute approximate surface area is 211 Å². The van der Waals surface area contributed by atoms with Gasteiger partial charge in [0.15, 0.2) is 0 Å². The van der Waals surface area contributed by atoms with Crippen LogP contribution in [0.25, 0.3) is 22.3 Å². The van der Waals surface area contributed by atoms with Gasteiger partial charge in [-0.3, -0.25) is 9.59 Å². The second-order valence-electron chi connectivity index (χ2n) is 10.6. The molecule has 0 spiro atoms. The summed E-state index contributed by atoms with van der Waals surface area (Å²) in [5, 5.41) is 6.25. The number of aryl methyl sites for hydroxylation is 2. The highest BCUT2D eigenvalue weighted by molar-refractivity contribution is 6.09. The summed E-state index contributed by atoms with van der Waals surface area (Å²) in [4.78, 5) is 37.4. The SMILES string of the molecule is CC(=O)N[C@H]1CC[C@H](NC(=O)c2c(C)[nH]c3c(-c4cc(C)ccc4OCC4CC4)ncnc23)C[C@H]1C. The first-order chi connectivity index (χ1) is 17.3. The molecule has 0 radical (unpaired) electrons. The molecule has 36 heavy (non-hydrogen) atoms. The third-order valence-electron chi connectivity index (χ3n) is 7.45. The third kappa shape index (κ3) is 5.08.